The Labute approximate surface area is 187 Å². The summed E-state index contributed by atoms with van der Waals surface area (Å²) in [6.07, 6.45) is 0.315. The smallest absolute Gasteiger partial charge is 0.244 e. The molecule has 3 aromatic carbocycles. The molecule has 1 amide bonds. The molecule has 0 aliphatic carbocycles. The van der Waals surface area contributed by atoms with Crippen molar-refractivity contribution in [3.05, 3.63) is 100 Å². The number of benzene rings is 3. The summed E-state index contributed by atoms with van der Waals surface area (Å²) in [4.78, 5) is 13.4. The fourth-order valence-electron chi connectivity index (χ4n) is 3.83. The van der Waals surface area contributed by atoms with Gasteiger partial charge in [0.1, 0.15) is 6.04 Å². The second kappa shape index (κ2) is 8.83. The number of hydrogen-bond acceptors (Lipinski definition) is 3. The largest absolute Gasteiger partial charge is 0.351 e. The average Bonchev–Trinajstić information content (AvgIpc) is 2.77. The Morgan fingerprint density at radius 2 is 1.74 bits per heavy atom. The third kappa shape index (κ3) is 4.51. The van der Waals surface area contributed by atoms with E-state index in [-0.39, 0.29) is 23.9 Å². The van der Waals surface area contributed by atoms with Crippen LogP contribution in [0.4, 0.5) is 0 Å². The minimum atomic E-state index is -3.87. The summed E-state index contributed by atoms with van der Waals surface area (Å²) in [5, 5.41) is 3.43. The second-order valence-electron chi connectivity index (χ2n) is 7.66. The molecule has 3 aromatic rings. The van der Waals surface area contributed by atoms with Crippen LogP contribution in [0.1, 0.15) is 22.3 Å². The Hall–Kier alpha value is -2.67. The van der Waals surface area contributed by atoms with Gasteiger partial charge in [0, 0.05) is 18.1 Å². The molecule has 31 heavy (non-hydrogen) atoms. The average molecular weight is 455 g/mol. The van der Waals surface area contributed by atoms with E-state index in [0.717, 1.165) is 22.3 Å². The van der Waals surface area contributed by atoms with Crippen molar-refractivity contribution in [2.24, 2.45) is 0 Å². The lowest BCUT2D eigenvalue weighted by Crippen LogP contribution is -2.52. The van der Waals surface area contributed by atoms with Crippen LogP contribution in [-0.2, 0) is 34.3 Å². The molecule has 4 rings (SSSR count). The Bertz CT molecular complexity index is 1230. The lowest BCUT2D eigenvalue weighted by molar-refractivity contribution is -0.125. The SMILES string of the molecule is Cc1cccc(S(=O)(=O)N2Cc3ccccc3C[C@H]2C(=O)NCc2ccccc2Cl)c1. The molecule has 1 N–H and O–H groups in total. The van der Waals surface area contributed by atoms with Gasteiger partial charge in [-0.1, -0.05) is 66.2 Å². The van der Waals surface area contributed by atoms with Gasteiger partial charge in [0.2, 0.25) is 15.9 Å². The molecule has 1 aliphatic rings. The number of halogens is 1. The summed E-state index contributed by atoms with van der Waals surface area (Å²) in [5.41, 5.74) is 3.52. The first-order valence-electron chi connectivity index (χ1n) is 10.0. The molecule has 0 bridgehead atoms. The van der Waals surface area contributed by atoms with Gasteiger partial charge in [0.25, 0.3) is 0 Å². The van der Waals surface area contributed by atoms with Crippen molar-refractivity contribution in [1.29, 1.82) is 0 Å². The predicted octanol–water partition coefficient (Wildman–Crippen LogP) is 4.08. The maximum atomic E-state index is 13.5. The minimum Gasteiger partial charge on any atom is -0.351 e. The van der Waals surface area contributed by atoms with E-state index in [1.54, 1.807) is 24.3 Å². The topological polar surface area (TPSA) is 66.5 Å². The van der Waals surface area contributed by atoms with E-state index in [4.69, 9.17) is 11.6 Å². The number of amides is 1. The highest BCUT2D eigenvalue weighted by Gasteiger charge is 2.39. The number of carbonyl (C=O) groups is 1. The number of hydrogen-bond donors (Lipinski definition) is 1. The molecular formula is C24H23ClN2O3S. The zero-order chi connectivity index (χ0) is 22.0. The molecule has 7 heteroatoms. The van der Waals surface area contributed by atoms with E-state index in [1.807, 2.05) is 55.5 Å². The van der Waals surface area contributed by atoms with E-state index in [0.29, 0.717) is 11.4 Å². The number of carbonyl (C=O) groups excluding carboxylic acids is 1. The van der Waals surface area contributed by atoms with E-state index >= 15 is 0 Å². The third-order valence-corrected chi connectivity index (χ3v) is 7.73. The van der Waals surface area contributed by atoms with E-state index in [1.165, 1.54) is 4.31 Å². The maximum absolute atomic E-state index is 13.5. The first kappa shape index (κ1) is 21.6. The van der Waals surface area contributed by atoms with Crippen molar-refractivity contribution in [1.82, 2.24) is 9.62 Å². The van der Waals surface area contributed by atoms with Crippen molar-refractivity contribution in [3.8, 4) is 0 Å². The predicted molar refractivity (Wildman–Crippen MR) is 121 cm³/mol. The van der Waals surface area contributed by atoms with Crippen molar-refractivity contribution >= 4 is 27.5 Å². The first-order chi connectivity index (χ1) is 14.9. The summed E-state index contributed by atoms with van der Waals surface area (Å²) in [6, 6.07) is 20.8. The lowest BCUT2D eigenvalue weighted by Gasteiger charge is -2.35. The summed E-state index contributed by atoms with van der Waals surface area (Å²) >= 11 is 6.20. The molecule has 0 saturated heterocycles. The fraction of sp³-hybridized carbons (Fsp3) is 0.208. The Balaban J connectivity index is 1.66. The van der Waals surface area contributed by atoms with E-state index in [9.17, 15) is 13.2 Å². The fourth-order valence-corrected chi connectivity index (χ4v) is 5.70. The molecule has 0 radical (unpaired) electrons. The zero-order valence-corrected chi connectivity index (χ0v) is 18.7. The zero-order valence-electron chi connectivity index (χ0n) is 17.1. The number of nitrogens with one attached hydrogen (secondary N) is 1. The molecule has 0 unspecified atom stereocenters. The normalized spacial score (nSPS) is 16.5. The van der Waals surface area contributed by atoms with E-state index in [2.05, 4.69) is 5.32 Å². The van der Waals surface area contributed by atoms with Gasteiger partial charge >= 0.3 is 0 Å². The van der Waals surface area contributed by atoms with E-state index < -0.39 is 16.1 Å². The summed E-state index contributed by atoms with van der Waals surface area (Å²) in [7, 11) is -3.87. The molecule has 5 nitrogen and oxygen atoms in total. The van der Waals surface area contributed by atoms with Crippen LogP contribution in [0, 0.1) is 6.92 Å². The monoisotopic (exact) mass is 454 g/mol. The molecule has 0 spiro atoms. The standard InChI is InChI=1S/C24H23ClN2O3S/c1-17-7-6-11-21(13-17)31(29,30)27-16-20-10-3-2-8-18(20)14-23(27)24(28)26-15-19-9-4-5-12-22(19)25/h2-13,23H,14-16H2,1H3,(H,26,28)/t23-/m0/s1. The highest BCUT2D eigenvalue weighted by molar-refractivity contribution is 7.89. The molecule has 0 aromatic heterocycles. The van der Waals surface area contributed by atoms with Gasteiger partial charge in [-0.05, 0) is 53.8 Å². The van der Waals surface area contributed by atoms with Crippen LogP contribution in [0.15, 0.2) is 77.7 Å². The lowest BCUT2D eigenvalue weighted by atomic mass is 9.95. The number of aryl methyl sites for hydroxylation is 1. The van der Waals surface area contributed by atoms with Crippen LogP contribution in [0.25, 0.3) is 0 Å². The number of nitrogens with zero attached hydrogens (tertiary/aromatic N) is 1. The van der Waals surface area contributed by atoms with Crippen molar-refractivity contribution in [2.45, 2.75) is 37.4 Å². The molecule has 0 saturated carbocycles. The van der Waals surface area contributed by atoms with Crippen LogP contribution in [0.5, 0.6) is 0 Å². The second-order valence-corrected chi connectivity index (χ2v) is 9.96. The summed E-state index contributed by atoms with van der Waals surface area (Å²) in [6.45, 7) is 2.23. The maximum Gasteiger partial charge on any atom is 0.244 e. The van der Waals surface area contributed by atoms with Crippen LogP contribution in [0.3, 0.4) is 0 Å². The van der Waals surface area contributed by atoms with Gasteiger partial charge in [0.15, 0.2) is 0 Å². The molecule has 0 fully saturated rings. The highest BCUT2D eigenvalue weighted by atomic mass is 35.5. The number of fused-ring (bicyclic) bond motifs is 1. The Kier molecular flexibility index (Phi) is 6.14. The van der Waals surface area contributed by atoms with Crippen LogP contribution < -0.4 is 5.32 Å². The Morgan fingerprint density at radius 1 is 1.03 bits per heavy atom. The minimum absolute atomic E-state index is 0.149. The van der Waals surface area contributed by atoms with Crippen LogP contribution in [-0.4, -0.2) is 24.7 Å². The first-order valence-corrected chi connectivity index (χ1v) is 11.8. The molecular weight excluding hydrogens is 432 g/mol. The number of sulfonamides is 1. The van der Waals surface area contributed by atoms with Crippen LogP contribution >= 0.6 is 11.6 Å². The molecule has 1 atom stereocenters. The van der Waals surface area contributed by atoms with Gasteiger partial charge in [-0.2, -0.15) is 4.31 Å². The van der Waals surface area contributed by atoms with Crippen molar-refractivity contribution in [2.75, 3.05) is 0 Å². The van der Waals surface area contributed by atoms with Gasteiger partial charge in [-0.3, -0.25) is 4.79 Å². The van der Waals surface area contributed by atoms with Gasteiger partial charge in [-0.15, -0.1) is 0 Å². The Morgan fingerprint density at radius 3 is 2.48 bits per heavy atom. The molecule has 1 heterocycles. The summed E-state index contributed by atoms with van der Waals surface area (Å²) in [5.74, 6) is -0.342. The molecule has 1 aliphatic heterocycles. The summed E-state index contributed by atoms with van der Waals surface area (Å²) < 4.78 is 28.3. The third-order valence-electron chi connectivity index (χ3n) is 5.52. The van der Waals surface area contributed by atoms with Gasteiger partial charge in [-0.25, -0.2) is 8.42 Å². The molecule has 160 valence electrons. The quantitative estimate of drug-likeness (QED) is 0.631. The van der Waals surface area contributed by atoms with Crippen LogP contribution in [0.2, 0.25) is 5.02 Å². The highest BCUT2D eigenvalue weighted by Crippen LogP contribution is 2.29. The van der Waals surface area contributed by atoms with Gasteiger partial charge in [0.05, 0.1) is 4.90 Å². The van der Waals surface area contributed by atoms with Crippen molar-refractivity contribution in [3.63, 3.8) is 0 Å². The number of rotatable bonds is 5. The van der Waals surface area contributed by atoms with Crippen molar-refractivity contribution < 1.29 is 13.2 Å². The van der Waals surface area contributed by atoms with Gasteiger partial charge < -0.3 is 5.32 Å².